The monoisotopic (exact) mass is 374 g/mol. The second-order valence-electron chi connectivity index (χ2n) is 10.6. The number of allylic oxidation sites excluding steroid dienone is 1. The van der Waals surface area contributed by atoms with E-state index in [2.05, 4.69) is 19.6 Å². The predicted octanol–water partition coefficient (Wildman–Crippen LogP) is 7.69. The standard InChI is InChI=1S/C24H38S.CH4/c1-3-17(2)7-6-9-19-10-11-21-23-15-12-18-8-4-5-14-22(18,23)20(23)13-16-24(19,21)25;/h3,17-21,25H,1,4-16H2,2H3;1H4. The van der Waals surface area contributed by atoms with E-state index in [4.69, 9.17) is 12.6 Å². The summed E-state index contributed by atoms with van der Waals surface area (Å²) in [6.07, 6.45) is 21.6. The van der Waals surface area contributed by atoms with Crippen molar-refractivity contribution in [2.24, 2.45) is 40.4 Å². The third-order valence-corrected chi connectivity index (χ3v) is 11.1. The molecule has 5 fully saturated rings. The topological polar surface area (TPSA) is 0 Å². The first-order valence-corrected chi connectivity index (χ1v) is 11.9. The van der Waals surface area contributed by atoms with Crippen LogP contribution in [-0.4, -0.2) is 4.75 Å². The molecule has 0 radical (unpaired) electrons. The minimum atomic E-state index is 0. The lowest BCUT2D eigenvalue weighted by Gasteiger charge is -2.44. The zero-order chi connectivity index (χ0) is 17.3. The highest BCUT2D eigenvalue weighted by Gasteiger charge is 2.85. The molecule has 0 saturated heterocycles. The van der Waals surface area contributed by atoms with Gasteiger partial charge in [-0.05, 0) is 105 Å². The van der Waals surface area contributed by atoms with Gasteiger partial charge in [0.05, 0.1) is 0 Å². The second-order valence-corrected chi connectivity index (χ2v) is 11.4. The summed E-state index contributed by atoms with van der Waals surface area (Å²) in [5, 5.41) is 0. The fourth-order valence-corrected chi connectivity index (χ4v) is 10.1. The lowest BCUT2D eigenvalue weighted by Crippen LogP contribution is -2.42. The van der Waals surface area contributed by atoms with E-state index in [1.165, 1.54) is 57.8 Å². The molecule has 148 valence electrons. The normalized spacial score (nSPS) is 52.1. The fourth-order valence-electron chi connectivity index (χ4n) is 9.37. The Morgan fingerprint density at radius 3 is 2.65 bits per heavy atom. The van der Waals surface area contributed by atoms with E-state index < -0.39 is 0 Å². The number of fused-ring (bicyclic) bond motifs is 1. The van der Waals surface area contributed by atoms with E-state index in [0.717, 1.165) is 34.5 Å². The maximum absolute atomic E-state index is 5.55. The Morgan fingerprint density at radius 1 is 1.00 bits per heavy atom. The van der Waals surface area contributed by atoms with Gasteiger partial charge in [-0.15, -0.1) is 6.58 Å². The molecule has 2 spiro atoms. The largest absolute Gasteiger partial charge is 0.172 e. The van der Waals surface area contributed by atoms with Crippen LogP contribution in [0.15, 0.2) is 12.7 Å². The van der Waals surface area contributed by atoms with Crippen LogP contribution in [0.5, 0.6) is 0 Å². The van der Waals surface area contributed by atoms with Gasteiger partial charge < -0.3 is 0 Å². The summed E-state index contributed by atoms with van der Waals surface area (Å²) < 4.78 is 0.393. The van der Waals surface area contributed by atoms with Gasteiger partial charge in [-0.1, -0.05) is 39.7 Å². The molecular weight excluding hydrogens is 332 g/mol. The summed E-state index contributed by atoms with van der Waals surface area (Å²) in [6.45, 7) is 6.28. The van der Waals surface area contributed by atoms with Gasteiger partial charge in [0.15, 0.2) is 0 Å². The van der Waals surface area contributed by atoms with Crippen molar-refractivity contribution in [1.82, 2.24) is 0 Å². The highest BCUT2D eigenvalue weighted by Crippen LogP contribution is 2.91. The van der Waals surface area contributed by atoms with Crippen LogP contribution >= 0.6 is 12.6 Å². The third-order valence-electron chi connectivity index (χ3n) is 10.2. The van der Waals surface area contributed by atoms with Crippen molar-refractivity contribution < 1.29 is 0 Å². The first kappa shape index (κ1) is 19.4. The molecule has 0 N–H and O–H groups in total. The molecule has 5 saturated carbocycles. The van der Waals surface area contributed by atoms with E-state index >= 15 is 0 Å². The molecule has 5 aliphatic carbocycles. The summed E-state index contributed by atoms with van der Waals surface area (Å²) in [6, 6.07) is 0. The van der Waals surface area contributed by atoms with Gasteiger partial charge in [0.2, 0.25) is 0 Å². The average Bonchev–Trinajstić information content (AvgIpc) is 2.89. The molecule has 0 aromatic rings. The molecule has 0 aromatic heterocycles. The summed E-state index contributed by atoms with van der Waals surface area (Å²) in [7, 11) is 0. The van der Waals surface area contributed by atoms with Crippen LogP contribution in [0.4, 0.5) is 0 Å². The van der Waals surface area contributed by atoms with Crippen molar-refractivity contribution in [3.05, 3.63) is 12.7 Å². The van der Waals surface area contributed by atoms with Crippen LogP contribution in [0.2, 0.25) is 0 Å². The van der Waals surface area contributed by atoms with E-state index in [9.17, 15) is 0 Å². The third kappa shape index (κ3) is 2.22. The Balaban J connectivity index is 0.00000168. The SMILES string of the molecule is C.C=CC(C)CCCC1CCC2C1(S)CCC1C34CCCCC3CCC214. The van der Waals surface area contributed by atoms with Gasteiger partial charge in [0.1, 0.15) is 0 Å². The van der Waals surface area contributed by atoms with E-state index in [1.54, 1.807) is 25.7 Å². The van der Waals surface area contributed by atoms with Crippen molar-refractivity contribution in [3.63, 3.8) is 0 Å². The summed E-state index contributed by atoms with van der Waals surface area (Å²) >= 11 is 5.55. The number of hydrogen-bond donors (Lipinski definition) is 1. The van der Waals surface area contributed by atoms with Crippen molar-refractivity contribution in [2.45, 2.75) is 103 Å². The van der Waals surface area contributed by atoms with Crippen LogP contribution < -0.4 is 0 Å². The van der Waals surface area contributed by atoms with Crippen LogP contribution in [-0.2, 0) is 0 Å². The smallest absolute Gasteiger partial charge is 0.0192 e. The van der Waals surface area contributed by atoms with Crippen molar-refractivity contribution in [3.8, 4) is 0 Å². The van der Waals surface area contributed by atoms with E-state index in [1.807, 2.05) is 0 Å². The Bertz CT molecular complexity index is 554. The van der Waals surface area contributed by atoms with Gasteiger partial charge in [0, 0.05) is 4.75 Å². The molecule has 0 aliphatic heterocycles. The Hall–Kier alpha value is 0.0900. The molecule has 5 aliphatic rings. The maximum atomic E-state index is 5.55. The molecule has 1 heteroatoms. The summed E-state index contributed by atoms with van der Waals surface area (Å²) in [5.74, 6) is 4.77. The highest BCUT2D eigenvalue weighted by atomic mass is 32.1. The number of rotatable bonds is 5. The van der Waals surface area contributed by atoms with Gasteiger partial charge in [-0.25, -0.2) is 0 Å². The Kier molecular flexibility index (Phi) is 4.90. The van der Waals surface area contributed by atoms with Crippen molar-refractivity contribution >= 4 is 12.6 Å². The molecule has 8 atom stereocenters. The summed E-state index contributed by atoms with van der Waals surface area (Å²) in [4.78, 5) is 0. The van der Waals surface area contributed by atoms with Crippen LogP contribution in [0.25, 0.3) is 0 Å². The molecule has 8 unspecified atom stereocenters. The lowest BCUT2D eigenvalue weighted by atomic mass is 9.67. The molecule has 0 aromatic carbocycles. The minimum absolute atomic E-state index is 0. The fraction of sp³-hybridized carbons (Fsp3) is 0.920. The van der Waals surface area contributed by atoms with Gasteiger partial charge in [0.25, 0.3) is 0 Å². The first-order valence-electron chi connectivity index (χ1n) is 11.4. The molecule has 26 heavy (non-hydrogen) atoms. The van der Waals surface area contributed by atoms with Crippen molar-refractivity contribution in [2.75, 3.05) is 0 Å². The molecule has 0 bridgehead atoms. The first-order chi connectivity index (χ1) is 12.1. The highest BCUT2D eigenvalue weighted by molar-refractivity contribution is 7.81. The van der Waals surface area contributed by atoms with Crippen LogP contribution in [0.1, 0.15) is 97.8 Å². The Labute approximate surface area is 168 Å². The number of thiol groups is 1. The van der Waals surface area contributed by atoms with Crippen molar-refractivity contribution in [1.29, 1.82) is 0 Å². The minimum Gasteiger partial charge on any atom is -0.172 e. The predicted molar refractivity (Wildman–Crippen MR) is 117 cm³/mol. The van der Waals surface area contributed by atoms with Gasteiger partial charge in [-0.3, -0.25) is 0 Å². The molecule has 0 amide bonds. The summed E-state index contributed by atoms with van der Waals surface area (Å²) in [5.41, 5.74) is 1.58. The molecular formula is C25H42S. The Morgan fingerprint density at radius 2 is 1.85 bits per heavy atom. The quantitative estimate of drug-likeness (QED) is 0.370. The lowest BCUT2D eigenvalue weighted by molar-refractivity contribution is 0.144. The molecule has 0 nitrogen and oxygen atoms in total. The van der Waals surface area contributed by atoms with Crippen LogP contribution in [0.3, 0.4) is 0 Å². The van der Waals surface area contributed by atoms with Crippen LogP contribution in [0, 0.1) is 40.4 Å². The molecule has 0 heterocycles. The average molecular weight is 375 g/mol. The number of hydrogen-bond acceptors (Lipinski definition) is 1. The van der Waals surface area contributed by atoms with E-state index in [0.29, 0.717) is 10.7 Å². The van der Waals surface area contributed by atoms with E-state index in [-0.39, 0.29) is 7.43 Å². The zero-order valence-corrected chi connectivity index (χ0v) is 17.2. The maximum Gasteiger partial charge on any atom is 0.0192 e. The zero-order valence-electron chi connectivity index (χ0n) is 16.3. The van der Waals surface area contributed by atoms with Gasteiger partial charge in [-0.2, -0.15) is 12.6 Å². The van der Waals surface area contributed by atoms with Gasteiger partial charge >= 0.3 is 0 Å². The second kappa shape index (κ2) is 6.57. The molecule has 5 rings (SSSR count).